The molecule has 0 spiro atoms. The van der Waals surface area contributed by atoms with Crippen LogP contribution >= 0.6 is 0 Å². The predicted octanol–water partition coefficient (Wildman–Crippen LogP) is 3.70. The van der Waals surface area contributed by atoms with E-state index in [9.17, 15) is 8.42 Å². The Morgan fingerprint density at radius 1 is 0.591 bits per heavy atom. The second-order valence-electron chi connectivity index (χ2n) is 6.64. The van der Waals surface area contributed by atoms with Gasteiger partial charge in [-0.3, -0.25) is 0 Å². The maximum atomic E-state index is 13.0. The summed E-state index contributed by atoms with van der Waals surface area (Å²) >= 11 is 0. The normalized spacial score (nSPS) is 21.1. The summed E-state index contributed by atoms with van der Waals surface area (Å²) in [5.41, 5.74) is 4.27. The number of rotatable bonds is 2. The van der Waals surface area contributed by atoms with E-state index in [0.29, 0.717) is 0 Å². The molecule has 0 atom stereocenters. The van der Waals surface area contributed by atoms with E-state index in [1.165, 1.54) is 0 Å². The molecule has 0 aliphatic heterocycles. The van der Waals surface area contributed by atoms with Gasteiger partial charge >= 0.3 is 0 Å². The van der Waals surface area contributed by atoms with Crippen LogP contribution in [0.5, 0.6) is 0 Å². The monoisotopic (exact) mass is 334 g/mol. The number of fused-ring (bicyclic) bond motifs is 2. The zero-order valence-electron chi connectivity index (χ0n) is 13.4. The summed E-state index contributed by atoms with van der Waals surface area (Å²) in [5, 5.41) is -0.254. The molecule has 2 aromatic rings. The Morgan fingerprint density at radius 3 is 1.00 bits per heavy atom. The van der Waals surface area contributed by atoms with Gasteiger partial charge in [-0.05, 0) is 0 Å². The fraction of sp³-hybridized carbons (Fsp3) is 0.333. The van der Waals surface area contributed by atoms with E-state index in [2.05, 4.69) is 0 Å². The molecule has 1 aliphatic rings. The average Bonchev–Trinajstić information content (AvgIpc) is 2.41. The van der Waals surface area contributed by atoms with Crippen molar-refractivity contribution in [3.63, 3.8) is 0 Å². The lowest BCUT2D eigenvalue weighted by Crippen LogP contribution is -2.30. The van der Waals surface area contributed by atoms with Crippen LogP contribution in [0.15, 0.2) is 48.5 Å². The summed E-state index contributed by atoms with van der Waals surface area (Å²) in [4.78, 5) is 0. The van der Waals surface area contributed by atoms with E-state index >= 15 is 0 Å². The van der Waals surface area contributed by atoms with E-state index in [-0.39, 0.29) is 10.5 Å². The third-order valence-corrected chi connectivity index (χ3v) is 7.54. The first-order valence-electron chi connectivity index (χ1n) is 7.25. The van der Waals surface area contributed by atoms with Gasteiger partial charge in [-0.1, -0.05) is 48.5 Å². The highest BCUT2D eigenvalue weighted by atomic mass is 32.2. The molecule has 0 bridgehead atoms. The molecule has 1 aliphatic carbocycles. The van der Waals surface area contributed by atoms with Crippen LogP contribution in [0.1, 0.15) is 32.8 Å². The molecule has 22 heavy (non-hydrogen) atoms. The topological polar surface area (TPSA) is 34.1 Å². The third-order valence-electron chi connectivity index (χ3n) is 4.26. The molecule has 2 aromatic carbocycles. The molecular formula is C18H22O2S2+2. The van der Waals surface area contributed by atoms with E-state index in [1.807, 2.05) is 73.6 Å². The highest BCUT2D eigenvalue weighted by Crippen LogP contribution is 2.49. The quantitative estimate of drug-likeness (QED) is 0.785. The first kappa shape index (κ1) is 15.6. The predicted molar refractivity (Wildman–Crippen MR) is 96.4 cm³/mol. The van der Waals surface area contributed by atoms with Gasteiger partial charge in [0.1, 0.15) is 25.0 Å². The van der Waals surface area contributed by atoms with Crippen molar-refractivity contribution < 1.29 is 8.42 Å². The van der Waals surface area contributed by atoms with Crippen molar-refractivity contribution in [1.29, 1.82) is 0 Å². The van der Waals surface area contributed by atoms with Crippen LogP contribution in [0.25, 0.3) is 0 Å². The zero-order valence-corrected chi connectivity index (χ0v) is 15.0. The third kappa shape index (κ3) is 2.48. The highest BCUT2D eigenvalue weighted by Gasteiger charge is 2.47. The minimum absolute atomic E-state index is 0.127. The molecule has 3 rings (SSSR count). The van der Waals surface area contributed by atoms with Crippen LogP contribution in [0.2, 0.25) is 0 Å². The van der Waals surface area contributed by atoms with Gasteiger partial charge in [-0.25, -0.2) is 0 Å². The van der Waals surface area contributed by atoms with Gasteiger partial charge in [0.2, 0.25) is 0 Å². The fourth-order valence-electron chi connectivity index (χ4n) is 3.54. The molecule has 0 amide bonds. The van der Waals surface area contributed by atoms with E-state index in [0.717, 1.165) is 22.3 Å². The van der Waals surface area contributed by atoms with Crippen molar-refractivity contribution in [2.75, 3.05) is 25.0 Å². The second kappa shape index (κ2) is 5.14. The Hall–Kier alpha value is -1.26. The van der Waals surface area contributed by atoms with Gasteiger partial charge in [0.25, 0.3) is 0 Å². The van der Waals surface area contributed by atoms with Crippen LogP contribution in [0, 0.1) is 0 Å². The molecule has 0 aromatic heterocycles. The lowest BCUT2D eigenvalue weighted by atomic mass is 9.85. The molecule has 4 heteroatoms. The standard InChI is InChI=1S/C18H22O2S2/c1-21(2,19)17-13-9-5-7-11-15(13)18(22(3,4)20)16-12-8-6-10-14(16)17/h5-12,17-18H,1-4H3/q+2. The minimum Gasteiger partial charge on any atom is -0.105 e. The highest BCUT2D eigenvalue weighted by molar-refractivity contribution is 8.02. The van der Waals surface area contributed by atoms with Crippen molar-refractivity contribution in [2.45, 2.75) is 10.5 Å². The molecule has 0 N–H and O–H groups in total. The van der Waals surface area contributed by atoms with E-state index in [4.69, 9.17) is 0 Å². The summed E-state index contributed by atoms with van der Waals surface area (Å²) in [6.45, 7) is 0. The lowest BCUT2D eigenvalue weighted by molar-refractivity contribution is 0.581. The Kier molecular flexibility index (Phi) is 3.65. The second-order valence-corrected chi connectivity index (χ2v) is 12.8. The molecule has 116 valence electrons. The van der Waals surface area contributed by atoms with Gasteiger partial charge in [-0.15, -0.1) is 8.42 Å². The minimum atomic E-state index is -2.06. The van der Waals surface area contributed by atoms with Crippen LogP contribution in [0.4, 0.5) is 0 Å². The lowest BCUT2D eigenvalue weighted by Gasteiger charge is -2.31. The summed E-state index contributed by atoms with van der Waals surface area (Å²) in [6.07, 6.45) is 7.28. The van der Waals surface area contributed by atoms with Gasteiger partial charge in [-0.2, -0.15) is 0 Å². The van der Waals surface area contributed by atoms with Crippen molar-refractivity contribution in [3.8, 4) is 0 Å². The van der Waals surface area contributed by atoms with Gasteiger partial charge in [0.05, 0.1) is 19.9 Å². The molecule has 0 fully saturated rings. The van der Waals surface area contributed by atoms with E-state index in [1.54, 1.807) is 0 Å². The van der Waals surface area contributed by atoms with Gasteiger partial charge in [0, 0.05) is 22.3 Å². The zero-order chi connectivity index (χ0) is 16.1. The molecule has 2 nitrogen and oxygen atoms in total. The van der Waals surface area contributed by atoms with Gasteiger partial charge < -0.3 is 0 Å². The van der Waals surface area contributed by atoms with Crippen molar-refractivity contribution in [3.05, 3.63) is 70.8 Å². The number of benzene rings is 2. The van der Waals surface area contributed by atoms with Crippen LogP contribution in [0.3, 0.4) is 0 Å². The Bertz CT molecular complexity index is 698. The molecular weight excluding hydrogens is 312 g/mol. The first-order chi connectivity index (χ1) is 10.2. The average molecular weight is 335 g/mol. The Balaban J connectivity index is 2.39. The van der Waals surface area contributed by atoms with Crippen LogP contribution in [-0.2, 0) is 28.3 Å². The molecule has 0 heterocycles. The summed E-state index contributed by atoms with van der Waals surface area (Å²) in [7, 11) is -4.13. The van der Waals surface area contributed by atoms with Crippen LogP contribution in [-0.4, -0.2) is 25.0 Å². The summed E-state index contributed by atoms with van der Waals surface area (Å²) < 4.78 is 25.9. The van der Waals surface area contributed by atoms with Crippen molar-refractivity contribution in [2.24, 2.45) is 0 Å². The molecule has 0 unspecified atom stereocenters. The van der Waals surface area contributed by atoms with E-state index < -0.39 is 19.9 Å². The Labute approximate surface area is 134 Å². The molecule has 0 saturated carbocycles. The van der Waals surface area contributed by atoms with Gasteiger partial charge in [0.15, 0.2) is 10.5 Å². The molecule has 0 saturated heterocycles. The van der Waals surface area contributed by atoms with Crippen LogP contribution < -0.4 is 0 Å². The number of hydrogen-bond donors (Lipinski definition) is 0. The Morgan fingerprint density at radius 2 is 0.818 bits per heavy atom. The van der Waals surface area contributed by atoms with Crippen molar-refractivity contribution in [1.82, 2.24) is 0 Å². The fourth-order valence-corrected chi connectivity index (χ4v) is 6.84. The van der Waals surface area contributed by atoms with Crippen molar-refractivity contribution >= 4 is 19.9 Å². The maximum Gasteiger partial charge on any atom is 0.172 e. The first-order valence-corrected chi connectivity index (χ1v) is 12.1. The summed E-state index contributed by atoms with van der Waals surface area (Å²) in [6, 6.07) is 16.1. The maximum absolute atomic E-state index is 13.0. The largest absolute Gasteiger partial charge is 0.172 e. The number of hydrogen-bond acceptors (Lipinski definition) is 2. The SMILES string of the molecule is C[S+](C)(=O)C1c2ccccc2C([S+](C)(C)=O)c2ccccc21. The molecule has 0 radical (unpaired) electrons. The smallest absolute Gasteiger partial charge is 0.105 e. The summed E-state index contributed by atoms with van der Waals surface area (Å²) in [5.74, 6) is 0.